The van der Waals surface area contributed by atoms with E-state index in [4.69, 9.17) is 9.15 Å². The molecule has 7 heteroatoms. The Morgan fingerprint density at radius 1 is 1.31 bits per heavy atom. The van der Waals surface area contributed by atoms with Crippen LogP contribution in [0.2, 0.25) is 0 Å². The molecule has 1 aliphatic rings. The van der Waals surface area contributed by atoms with Gasteiger partial charge < -0.3 is 19.4 Å². The van der Waals surface area contributed by atoms with E-state index in [9.17, 15) is 9.59 Å². The van der Waals surface area contributed by atoms with E-state index in [2.05, 4.69) is 10.3 Å². The topological polar surface area (TPSA) is 84.7 Å². The fourth-order valence-corrected chi connectivity index (χ4v) is 2.89. The van der Waals surface area contributed by atoms with Crippen LogP contribution >= 0.6 is 0 Å². The first-order chi connectivity index (χ1) is 12.6. The van der Waals surface area contributed by atoms with Crippen molar-refractivity contribution >= 4 is 11.8 Å². The van der Waals surface area contributed by atoms with Crippen LogP contribution in [0.4, 0.5) is 0 Å². The Hall–Kier alpha value is -2.83. The first-order valence-electron chi connectivity index (χ1n) is 8.79. The Labute approximate surface area is 152 Å². The molecule has 138 valence electrons. The van der Waals surface area contributed by atoms with Crippen molar-refractivity contribution in [3.8, 4) is 5.88 Å². The Kier molecular flexibility index (Phi) is 5.88. The molecule has 0 atom stereocenters. The number of nitrogens with zero attached hydrogens (tertiary/aromatic N) is 2. The van der Waals surface area contributed by atoms with Gasteiger partial charge in [0.25, 0.3) is 5.91 Å². The van der Waals surface area contributed by atoms with Gasteiger partial charge in [0.1, 0.15) is 6.10 Å². The average molecular weight is 357 g/mol. The number of carbonyl (C=O) groups excluding carboxylic acids is 2. The highest BCUT2D eigenvalue weighted by molar-refractivity contribution is 5.94. The average Bonchev–Trinajstić information content (AvgIpc) is 3.34. The fraction of sp³-hybridized carbons (Fsp3) is 0.421. The number of ether oxygens (including phenoxy) is 1. The molecule has 26 heavy (non-hydrogen) atoms. The summed E-state index contributed by atoms with van der Waals surface area (Å²) in [6.07, 6.45) is 8.00. The van der Waals surface area contributed by atoms with Gasteiger partial charge in [0.05, 0.1) is 12.8 Å². The number of amides is 2. The third-order valence-electron chi connectivity index (χ3n) is 4.34. The largest absolute Gasteiger partial charge is 0.474 e. The molecule has 2 heterocycles. The van der Waals surface area contributed by atoms with Crippen molar-refractivity contribution in [3.05, 3.63) is 48.0 Å². The van der Waals surface area contributed by atoms with Crippen LogP contribution in [-0.2, 0) is 11.3 Å². The van der Waals surface area contributed by atoms with Gasteiger partial charge in [0, 0.05) is 25.9 Å². The second-order valence-corrected chi connectivity index (χ2v) is 6.44. The fourth-order valence-electron chi connectivity index (χ4n) is 2.89. The summed E-state index contributed by atoms with van der Waals surface area (Å²) in [7, 11) is 1.56. The molecule has 0 radical (unpaired) electrons. The predicted octanol–water partition coefficient (Wildman–Crippen LogP) is 2.38. The molecule has 0 aliphatic heterocycles. The summed E-state index contributed by atoms with van der Waals surface area (Å²) >= 11 is 0. The maximum absolute atomic E-state index is 12.0. The van der Waals surface area contributed by atoms with Gasteiger partial charge in [-0.25, -0.2) is 4.98 Å². The molecule has 0 unspecified atom stereocenters. The van der Waals surface area contributed by atoms with Gasteiger partial charge in [-0.2, -0.15) is 0 Å². The number of hydrogen-bond donors (Lipinski definition) is 1. The van der Waals surface area contributed by atoms with Crippen molar-refractivity contribution in [2.24, 2.45) is 0 Å². The summed E-state index contributed by atoms with van der Waals surface area (Å²) < 4.78 is 10.9. The van der Waals surface area contributed by atoms with Crippen LogP contribution in [-0.4, -0.2) is 41.4 Å². The molecule has 3 rings (SSSR count). The highest BCUT2D eigenvalue weighted by atomic mass is 16.5. The number of likely N-dealkylation sites (N-methyl/N-ethyl adjacent to an activating group) is 1. The molecule has 0 saturated heterocycles. The van der Waals surface area contributed by atoms with Gasteiger partial charge in [-0.1, -0.05) is 6.07 Å². The maximum atomic E-state index is 12.0. The van der Waals surface area contributed by atoms with Crippen molar-refractivity contribution < 1.29 is 18.7 Å². The molecule has 1 aliphatic carbocycles. The van der Waals surface area contributed by atoms with Crippen LogP contribution in [0.3, 0.4) is 0 Å². The number of rotatable bonds is 7. The highest BCUT2D eigenvalue weighted by Crippen LogP contribution is 2.22. The molecule has 1 fully saturated rings. The Bertz CT molecular complexity index is 722. The van der Waals surface area contributed by atoms with Crippen LogP contribution in [0.1, 0.15) is 41.8 Å². The van der Waals surface area contributed by atoms with E-state index in [1.807, 2.05) is 12.1 Å². The Balaban J connectivity index is 1.43. The molecule has 2 aromatic rings. The monoisotopic (exact) mass is 357 g/mol. The van der Waals surface area contributed by atoms with E-state index in [0.29, 0.717) is 12.4 Å². The van der Waals surface area contributed by atoms with Crippen molar-refractivity contribution in [2.45, 2.75) is 38.3 Å². The van der Waals surface area contributed by atoms with Crippen molar-refractivity contribution in [3.63, 3.8) is 0 Å². The second-order valence-electron chi connectivity index (χ2n) is 6.44. The smallest absolute Gasteiger partial charge is 0.289 e. The summed E-state index contributed by atoms with van der Waals surface area (Å²) in [4.78, 5) is 29.6. The van der Waals surface area contributed by atoms with Gasteiger partial charge in [0.2, 0.25) is 11.8 Å². The van der Waals surface area contributed by atoms with E-state index in [0.717, 1.165) is 18.4 Å². The second kappa shape index (κ2) is 8.51. The van der Waals surface area contributed by atoms with Crippen LogP contribution in [0, 0.1) is 0 Å². The third kappa shape index (κ3) is 4.84. The van der Waals surface area contributed by atoms with E-state index >= 15 is 0 Å². The zero-order chi connectivity index (χ0) is 18.4. The summed E-state index contributed by atoms with van der Waals surface area (Å²) in [6.45, 7) is 0.300. The van der Waals surface area contributed by atoms with E-state index in [-0.39, 0.29) is 30.2 Å². The van der Waals surface area contributed by atoms with Crippen LogP contribution in [0.5, 0.6) is 5.88 Å². The first-order valence-corrected chi connectivity index (χ1v) is 8.79. The molecule has 0 spiro atoms. The van der Waals surface area contributed by atoms with Gasteiger partial charge in [-0.05, 0) is 43.4 Å². The maximum Gasteiger partial charge on any atom is 0.289 e. The minimum absolute atomic E-state index is 0.0458. The van der Waals surface area contributed by atoms with Gasteiger partial charge in [0.15, 0.2) is 5.76 Å². The third-order valence-corrected chi connectivity index (χ3v) is 4.34. The normalized spacial score (nSPS) is 14.2. The van der Waals surface area contributed by atoms with E-state index in [1.54, 1.807) is 25.4 Å². The lowest BCUT2D eigenvalue weighted by Crippen LogP contribution is -2.38. The number of furan rings is 1. The number of nitrogens with one attached hydrogen (secondary N) is 1. The number of aromatic nitrogens is 1. The molecule has 0 aromatic carbocycles. The molecule has 2 aromatic heterocycles. The van der Waals surface area contributed by atoms with Gasteiger partial charge >= 0.3 is 0 Å². The lowest BCUT2D eigenvalue weighted by molar-refractivity contribution is -0.121. The molecular formula is C19H23N3O4. The summed E-state index contributed by atoms with van der Waals surface area (Å²) in [5.41, 5.74) is 0.872. The molecule has 7 nitrogen and oxygen atoms in total. The Morgan fingerprint density at radius 3 is 2.77 bits per heavy atom. The number of pyridine rings is 1. The van der Waals surface area contributed by atoms with Gasteiger partial charge in [-0.15, -0.1) is 0 Å². The van der Waals surface area contributed by atoms with E-state index < -0.39 is 0 Å². The predicted molar refractivity (Wildman–Crippen MR) is 94.6 cm³/mol. The lowest BCUT2D eigenvalue weighted by atomic mass is 10.2. The molecule has 1 N–H and O–H groups in total. The van der Waals surface area contributed by atoms with Crippen LogP contribution in [0.15, 0.2) is 41.1 Å². The molecule has 2 amide bonds. The highest BCUT2D eigenvalue weighted by Gasteiger charge is 2.18. The zero-order valence-electron chi connectivity index (χ0n) is 14.8. The van der Waals surface area contributed by atoms with Gasteiger partial charge in [-0.3, -0.25) is 9.59 Å². The van der Waals surface area contributed by atoms with Crippen LogP contribution < -0.4 is 10.1 Å². The minimum atomic E-state index is -0.333. The lowest BCUT2D eigenvalue weighted by Gasteiger charge is -2.15. The molecular weight excluding hydrogens is 334 g/mol. The summed E-state index contributed by atoms with van der Waals surface area (Å²) in [5, 5.41) is 2.78. The summed E-state index contributed by atoms with van der Waals surface area (Å²) in [6, 6.07) is 6.91. The van der Waals surface area contributed by atoms with Crippen molar-refractivity contribution in [1.29, 1.82) is 0 Å². The standard InChI is InChI=1S/C19H23N3O4/c1-22(19(24)16-7-4-10-25-16)13-17(23)20-11-14-8-9-18(21-12-14)26-15-5-2-3-6-15/h4,7-10,12,15H,2-3,5-6,11,13H2,1H3,(H,20,23). The zero-order valence-corrected chi connectivity index (χ0v) is 14.8. The molecule has 0 bridgehead atoms. The SMILES string of the molecule is CN(CC(=O)NCc1ccc(OC2CCCC2)nc1)C(=O)c1ccco1. The van der Waals surface area contributed by atoms with Crippen molar-refractivity contribution in [2.75, 3.05) is 13.6 Å². The van der Waals surface area contributed by atoms with Crippen LogP contribution in [0.25, 0.3) is 0 Å². The number of hydrogen-bond acceptors (Lipinski definition) is 5. The first kappa shape index (κ1) is 18.0. The quantitative estimate of drug-likeness (QED) is 0.822. The van der Waals surface area contributed by atoms with Crippen molar-refractivity contribution in [1.82, 2.24) is 15.2 Å². The summed E-state index contributed by atoms with van der Waals surface area (Å²) in [5.74, 6) is 0.247. The van der Waals surface area contributed by atoms with E-state index in [1.165, 1.54) is 24.0 Å². The molecule has 1 saturated carbocycles. The number of carbonyl (C=O) groups is 2. The Morgan fingerprint density at radius 2 is 2.12 bits per heavy atom. The minimum Gasteiger partial charge on any atom is -0.474 e.